The predicted octanol–water partition coefficient (Wildman–Crippen LogP) is 2.26. The summed E-state index contributed by atoms with van der Waals surface area (Å²) in [5, 5.41) is 5.26. The average molecular weight is 421 g/mol. The summed E-state index contributed by atoms with van der Waals surface area (Å²) in [6.45, 7) is 2.25. The van der Waals surface area contributed by atoms with E-state index in [4.69, 9.17) is 5.73 Å². The lowest BCUT2D eigenvalue weighted by Crippen LogP contribution is -2.40. The Morgan fingerprint density at radius 2 is 1.81 bits per heavy atom. The highest BCUT2D eigenvalue weighted by Gasteiger charge is 2.26. The molecule has 7 nitrogen and oxygen atoms in total. The number of benzene rings is 2. The number of hydrogen-bond acceptors (Lipinski definition) is 5. The van der Waals surface area contributed by atoms with E-state index in [0.29, 0.717) is 49.9 Å². The van der Waals surface area contributed by atoms with Crippen LogP contribution in [-0.4, -0.2) is 23.5 Å². The fourth-order valence-electron chi connectivity index (χ4n) is 3.73. The van der Waals surface area contributed by atoms with Crippen LogP contribution in [0.5, 0.6) is 0 Å². The molecule has 1 fully saturated rings. The lowest BCUT2D eigenvalue weighted by molar-refractivity contribution is -0.136. The molecular formula is C24H27N3O4. The molecule has 0 saturated carbocycles. The van der Waals surface area contributed by atoms with E-state index in [0.717, 1.165) is 16.7 Å². The quantitative estimate of drug-likeness (QED) is 0.446. The summed E-state index contributed by atoms with van der Waals surface area (Å²) < 4.78 is 0. The number of nitrogens with two attached hydrogens (primary N) is 1. The number of hydrogen-bond donors (Lipinski definition) is 3. The largest absolute Gasteiger partial charge is 0.348 e. The van der Waals surface area contributed by atoms with Gasteiger partial charge < -0.3 is 11.1 Å². The van der Waals surface area contributed by atoms with E-state index in [1.54, 1.807) is 18.2 Å². The monoisotopic (exact) mass is 421 g/mol. The van der Waals surface area contributed by atoms with Crippen LogP contribution in [0.25, 0.3) is 0 Å². The molecule has 4 N–H and O–H groups in total. The summed E-state index contributed by atoms with van der Waals surface area (Å²) in [6, 6.07) is 12.6. The summed E-state index contributed by atoms with van der Waals surface area (Å²) >= 11 is 0. The molecule has 1 aliphatic heterocycles. The van der Waals surface area contributed by atoms with Crippen molar-refractivity contribution in [2.75, 3.05) is 0 Å². The summed E-state index contributed by atoms with van der Waals surface area (Å²) in [7, 11) is 0. The standard InChI is InChI=1S/C24H27N3O4/c1-15(28)21-10-4-17(14-26-23(30)18-5-2-16(13-25)3-6-18)12-20(21)8-7-19-9-11-22(29)27-24(19)31/h2-6,10,12,19H,7-9,11,13-14,25H2,1H3,(H,26,30)(H,27,29,31). The molecule has 31 heavy (non-hydrogen) atoms. The molecule has 1 heterocycles. The third-order valence-electron chi connectivity index (χ3n) is 5.57. The second-order valence-electron chi connectivity index (χ2n) is 7.82. The van der Waals surface area contributed by atoms with E-state index in [1.807, 2.05) is 24.3 Å². The third-order valence-corrected chi connectivity index (χ3v) is 5.57. The van der Waals surface area contributed by atoms with Crippen LogP contribution in [0.1, 0.15) is 63.6 Å². The minimum Gasteiger partial charge on any atom is -0.348 e. The first kappa shape index (κ1) is 22.4. The average Bonchev–Trinajstić information content (AvgIpc) is 2.76. The minimum absolute atomic E-state index is 0.0474. The van der Waals surface area contributed by atoms with Crippen molar-refractivity contribution in [2.45, 2.75) is 45.7 Å². The highest BCUT2D eigenvalue weighted by atomic mass is 16.2. The van der Waals surface area contributed by atoms with Crippen LogP contribution in [0.2, 0.25) is 0 Å². The first-order valence-electron chi connectivity index (χ1n) is 10.4. The zero-order valence-electron chi connectivity index (χ0n) is 17.6. The molecule has 7 heteroatoms. The molecule has 0 aromatic heterocycles. The van der Waals surface area contributed by atoms with Gasteiger partial charge in [0.1, 0.15) is 0 Å². The summed E-state index contributed by atoms with van der Waals surface area (Å²) in [5.74, 6) is -0.957. The Bertz CT molecular complexity index is 998. The number of nitrogens with one attached hydrogen (secondary N) is 2. The van der Waals surface area contributed by atoms with Crippen LogP contribution < -0.4 is 16.4 Å². The van der Waals surface area contributed by atoms with Gasteiger partial charge in [0, 0.05) is 36.6 Å². The number of ketones is 1. The molecule has 1 aliphatic rings. The molecule has 0 bridgehead atoms. The molecule has 1 saturated heterocycles. The number of imide groups is 1. The first-order chi connectivity index (χ1) is 14.9. The summed E-state index contributed by atoms with van der Waals surface area (Å²) in [6.07, 6.45) is 1.97. The van der Waals surface area contributed by atoms with Crippen molar-refractivity contribution in [3.8, 4) is 0 Å². The topological polar surface area (TPSA) is 118 Å². The summed E-state index contributed by atoms with van der Waals surface area (Å²) in [5.41, 5.74) is 9.41. The fourth-order valence-corrected chi connectivity index (χ4v) is 3.73. The van der Waals surface area contributed by atoms with Crippen molar-refractivity contribution in [2.24, 2.45) is 11.7 Å². The van der Waals surface area contributed by atoms with Gasteiger partial charge in [0.25, 0.3) is 5.91 Å². The molecule has 3 rings (SSSR count). The Morgan fingerprint density at radius 1 is 1.10 bits per heavy atom. The van der Waals surface area contributed by atoms with Gasteiger partial charge in [-0.25, -0.2) is 0 Å². The van der Waals surface area contributed by atoms with Gasteiger partial charge in [-0.05, 0) is 55.0 Å². The van der Waals surface area contributed by atoms with Crippen LogP contribution in [0.4, 0.5) is 0 Å². The molecule has 0 spiro atoms. The molecule has 162 valence electrons. The highest BCUT2D eigenvalue weighted by Crippen LogP contribution is 2.22. The van der Waals surface area contributed by atoms with Gasteiger partial charge in [-0.3, -0.25) is 24.5 Å². The van der Waals surface area contributed by atoms with Gasteiger partial charge in [0.15, 0.2) is 5.78 Å². The maximum absolute atomic E-state index is 12.4. The van der Waals surface area contributed by atoms with Gasteiger partial charge in [0.2, 0.25) is 11.8 Å². The maximum atomic E-state index is 12.4. The predicted molar refractivity (Wildman–Crippen MR) is 116 cm³/mol. The Kier molecular flexibility index (Phi) is 7.31. The normalized spacial score (nSPS) is 16.0. The maximum Gasteiger partial charge on any atom is 0.251 e. The molecule has 0 radical (unpaired) electrons. The molecule has 1 unspecified atom stereocenters. The third kappa shape index (κ3) is 5.86. The van der Waals surface area contributed by atoms with E-state index in [9.17, 15) is 19.2 Å². The molecule has 2 aromatic rings. The van der Waals surface area contributed by atoms with E-state index >= 15 is 0 Å². The van der Waals surface area contributed by atoms with Crippen LogP contribution >= 0.6 is 0 Å². The van der Waals surface area contributed by atoms with E-state index < -0.39 is 0 Å². The fraction of sp³-hybridized carbons (Fsp3) is 0.333. The van der Waals surface area contributed by atoms with E-state index in [1.165, 1.54) is 6.92 Å². The van der Waals surface area contributed by atoms with E-state index in [-0.39, 0.29) is 29.4 Å². The van der Waals surface area contributed by atoms with Crippen molar-refractivity contribution < 1.29 is 19.2 Å². The number of carbonyl (C=O) groups excluding carboxylic acids is 4. The molecule has 0 aliphatic carbocycles. The van der Waals surface area contributed by atoms with Gasteiger partial charge in [-0.2, -0.15) is 0 Å². The first-order valence-corrected chi connectivity index (χ1v) is 10.4. The zero-order valence-corrected chi connectivity index (χ0v) is 17.6. The molecular weight excluding hydrogens is 394 g/mol. The Balaban J connectivity index is 1.66. The number of Topliss-reactive ketones (excluding diaryl/α,β-unsaturated/α-hetero) is 1. The van der Waals surface area contributed by atoms with Gasteiger partial charge in [-0.1, -0.05) is 30.3 Å². The Labute approximate surface area is 181 Å². The van der Waals surface area contributed by atoms with Crippen LogP contribution in [0.15, 0.2) is 42.5 Å². The lowest BCUT2D eigenvalue weighted by Gasteiger charge is -2.21. The number of piperidine rings is 1. The smallest absolute Gasteiger partial charge is 0.251 e. The van der Waals surface area contributed by atoms with Crippen LogP contribution in [0, 0.1) is 5.92 Å². The number of carbonyl (C=O) groups is 4. The number of amides is 3. The molecule has 1 atom stereocenters. The second-order valence-corrected chi connectivity index (χ2v) is 7.82. The van der Waals surface area contributed by atoms with Gasteiger partial charge >= 0.3 is 0 Å². The van der Waals surface area contributed by atoms with Crippen LogP contribution in [-0.2, 0) is 29.1 Å². The summed E-state index contributed by atoms with van der Waals surface area (Å²) in [4.78, 5) is 47.8. The molecule has 3 amide bonds. The second kappa shape index (κ2) is 10.1. The Hall–Kier alpha value is -3.32. The highest BCUT2D eigenvalue weighted by molar-refractivity contribution is 5.99. The van der Waals surface area contributed by atoms with Crippen molar-refractivity contribution in [1.82, 2.24) is 10.6 Å². The number of aryl methyl sites for hydroxylation is 1. The lowest BCUT2D eigenvalue weighted by atomic mass is 9.89. The molecule has 2 aromatic carbocycles. The Morgan fingerprint density at radius 3 is 2.45 bits per heavy atom. The van der Waals surface area contributed by atoms with Crippen LogP contribution in [0.3, 0.4) is 0 Å². The van der Waals surface area contributed by atoms with Crippen molar-refractivity contribution in [1.29, 1.82) is 0 Å². The number of rotatable bonds is 8. The van der Waals surface area contributed by atoms with E-state index in [2.05, 4.69) is 10.6 Å². The zero-order chi connectivity index (χ0) is 22.4. The van der Waals surface area contributed by atoms with Crippen molar-refractivity contribution in [3.63, 3.8) is 0 Å². The van der Waals surface area contributed by atoms with Gasteiger partial charge in [-0.15, -0.1) is 0 Å². The van der Waals surface area contributed by atoms with Crippen molar-refractivity contribution >= 4 is 23.5 Å². The SMILES string of the molecule is CC(=O)c1ccc(CNC(=O)c2ccc(CN)cc2)cc1CCC1CCC(=O)NC1=O. The minimum atomic E-state index is -0.246. The van der Waals surface area contributed by atoms with Gasteiger partial charge in [0.05, 0.1) is 0 Å². The van der Waals surface area contributed by atoms with Crippen molar-refractivity contribution in [3.05, 3.63) is 70.3 Å².